The van der Waals surface area contributed by atoms with E-state index in [0.717, 1.165) is 56.9 Å². The van der Waals surface area contributed by atoms with Crippen LogP contribution in [0.25, 0.3) is 0 Å². The summed E-state index contributed by atoms with van der Waals surface area (Å²) in [6.07, 6.45) is 9.40. The van der Waals surface area contributed by atoms with E-state index in [1.54, 1.807) is 0 Å². The summed E-state index contributed by atoms with van der Waals surface area (Å²) in [5.74, 6) is -1.55. The molecule has 2 N–H and O–H groups in total. The smallest absolute Gasteiger partial charge is 0.326 e. The van der Waals surface area contributed by atoms with E-state index >= 15 is 0 Å². The number of benzene rings is 1. The predicted octanol–water partition coefficient (Wildman–Crippen LogP) is 4.18. The Morgan fingerprint density at radius 2 is 1.48 bits per heavy atom. The number of aliphatic carboxylic acids is 1. The van der Waals surface area contributed by atoms with E-state index in [0.29, 0.717) is 25.7 Å². The van der Waals surface area contributed by atoms with Gasteiger partial charge in [0.15, 0.2) is 0 Å². The molecule has 0 saturated heterocycles. The highest BCUT2D eigenvalue weighted by atomic mass is 16.5. The molecule has 0 saturated carbocycles. The lowest BCUT2D eigenvalue weighted by atomic mass is 10.1. The van der Waals surface area contributed by atoms with Gasteiger partial charge >= 0.3 is 11.9 Å². The Bertz CT molecular complexity index is 661. The molecule has 0 fully saturated rings. The summed E-state index contributed by atoms with van der Waals surface area (Å²) in [6, 6.07) is 8.65. The first-order chi connectivity index (χ1) is 15.0. The molecule has 1 aromatic carbocycles. The minimum absolute atomic E-state index is 0.117. The van der Waals surface area contributed by atoms with Gasteiger partial charge in [0, 0.05) is 19.3 Å². The first-order valence-electron chi connectivity index (χ1n) is 11.2. The summed E-state index contributed by atoms with van der Waals surface area (Å²) in [5, 5.41) is 11.5. The third-order valence-corrected chi connectivity index (χ3v) is 4.98. The van der Waals surface area contributed by atoms with Crippen LogP contribution in [0.1, 0.15) is 82.6 Å². The fourth-order valence-electron chi connectivity index (χ4n) is 3.18. The van der Waals surface area contributed by atoms with Crippen molar-refractivity contribution in [2.24, 2.45) is 0 Å². The molecule has 31 heavy (non-hydrogen) atoms. The van der Waals surface area contributed by atoms with Crippen molar-refractivity contribution < 1.29 is 29.0 Å². The van der Waals surface area contributed by atoms with Crippen LogP contribution in [0, 0.1) is 0 Å². The lowest BCUT2D eigenvalue weighted by molar-refractivity contribution is -0.145. The average molecular weight is 434 g/mol. The highest BCUT2D eigenvalue weighted by Gasteiger charge is 2.18. The second-order valence-corrected chi connectivity index (χ2v) is 7.68. The summed E-state index contributed by atoms with van der Waals surface area (Å²) >= 11 is 0. The van der Waals surface area contributed by atoms with Crippen LogP contribution in [0.2, 0.25) is 0 Å². The minimum atomic E-state index is -1.11. The van der Waals surface area contributed by atoms with E-state index < -0.39 is 12.0 Å². The molecule has 0 radical (unpaired) electrons. The van der Waals surface area contributed by atoms with Gasteiger partial charge in [0.1, 0.15) is 18.9 Å². The number of hydrogen-bond acceptors (Lipinski definition) is 5. The number of esters is 1. The molecule has 0 heterocycles. The van der Waals surface area contributed by atoms with Gasteiger partial charge in [-0.3, -0.25) is 9.59 Å². The van der Waals surface area contributed by atoms with E-state index in [2.05, 4.69) is 5.32 Å². The van der Waals surface area contributed by atoms with Crippen LogP contribution in [0.5, 0.6) is 0 Å². The summed E-state index contributed by atoms with van der Waals surface area (Å²) < 4.78 is 5.26. The van der Waals surface area contributed by atoms with Crippen molar-refractivity contribution in [1.29, 1.82) is 0 Å². The molecule has 0 aliphatic heterocycles. The molecule has 1 atom stereocenters. The van der Waals surface area contributed by atoms with Crippen LogP contribution >= 0.6 is 0 Å². The van der Waals surface area contributed by atoms with Crippen LogP contribution < -0.4 is 5.32 Å². The van der Waals surface area contributed by atoms with E-state index in [1.807, 2.05) is 30.3 Å². The zero-order chi connectivity index (χ0) is 22.7. The van der Waals surface area contributed by atoms with Crippen molar-refractivity contribution in [2.75, 3.05) is 0 Å². The second-order valence-electron chi connectivity index (χ2n) is 7.68. The van der Waals surface area contributed by atoms with Gasteiger partial charge in [-0.25, -0.2) is 4.79 Å². The van der Waals surface area contributed by atoms with Gasteiger partial charge in [-0.05, 0) is 24.8 Å². The molecule has 1 amide bonds. The Morgan fingerprint density at radius 3 is 2.06 bits per heavy atom. The molecule has 7 heteroatoms. The maximum absolute atomic E-state index is 11.8. The molecular formula is C24H35NO6. The van der Waals surface area contributed by atoms with Crippen LogP contribution in [0.3, 0.4) is 0 Å². The number of rotatable bonds is 18. The zero-order valence-corrected chi connectivity index (χ0v) is 18.2. The van der Waals surface area contributed by atoms with Gasteiger partial charge in [-0.1, -0.05) is 68.9 Å². The van der Waals surface area contributed by atoms with Gasteiger partial charge in [-0.2, -0.15) is 0 Å². The topological polar surface area (TPSA) is 110 Å². The molecule has 0 aliphatic rings. The Labute approximate surface area is 184 Å². The average Bonchev–Trinajstić information content (AvgIpc) is 2.77. The van der Waals surface area contributed by atoms with E-state index in [-0.39, 0.29) is 24.7 Å². The van der Waals surface area contributed by atoms with Crippen LogP contribution in [-0.4, -0.2) is 35.3 Å². The maximum atomic E-state index is 11.8. The number of carboxylic acid groups (broad SMARTS) is 1. The van der Waals surface area contributed by atoms with Crippen molar-refractivity contribution in [1.82, 2.24) is 5.32 Å². The number of aldehydes is 1. The van der Waals surface area contributed by atoms with Crippen molar-refractivity contribution in [3.05, 3.63) is 35.9 Å². The first kappa shape index (κ1) is 26.3. The highest BCUT2D eigenvalue weighted by Crippen LogP contribution is 2.11. The molecule has 0 spiro atoms. The van der Waals surface area contributed by atoms with E-state index in [1.165, 1.54) is 0 Å². The van der Waals surface area contributed by atoms with Gasteiger partial charge in [0.25, 0.3) is 0 Å². The maximum Gasteiger partial charge on any atom is 0.326 e. The van der Waals surface area contributed by atoms with Crippen LogP contribution in [0.4, 0.5) is 0 Å². The predicted molar refractivity (Wildman–Crippen MR) is 117 cm³/mol. The highest BCUT2D eigenvalue weighted by molar-refractivity contribution is 5.83. The molecule has 172 valence electrons. The normalized spacial score (nSPS) is 11.5. The first-order valence-corrected chi connectivity index (χ1v) is 11.2. The molecule has 1 aromatic rings. The molecule has 1 rings (SSSR count). The molecule has 0 unspecified atom stereocenters. The molecule has 7 nitrogen and oxygen atoms in total. The Kier molecular flexibility index (Phi) is 14.5. The summed E-state index contributed by atoms with van der Waals surface area (Å²) in [4.78, 5) is 44.9. The fraction of sp³-hybridized carbons (Fsp3) is 0.583. The van der Waals surface area contributed by atoms with Crippen molar-refractivity contribution in [2.45, 2.75) is 89.7 Å². The van der Waals surface area contributed by atoms with Crippen LogP contribution in [-0.2, 0) is 30.5 Å². The van der Waals surface area contributed by atoms with Gasteiger partial charge < -0.3 is 20.0 Å². The van der Waals surface area contributed by atoms with Crippen molar-refractivity contribution in [3.8, 4) is 0 Å². The number of nitrogens with one attached hydrogen (secondary N) is 1. The number of ether oxygens (including phenoxy) is 1. The lowest BCUT2D eigenvalue weighted by Gasteiger charge is -2.13. The Balaban J connectivity index is 1.93. The molecule has 0 aromatic heterocycles. The molecule has 0 aliphatic carbocycles. The number of carboxylic acids is 1. The van der Waals surface area contributed by atoms with Gasteiger partial charge in [-0.15, -0.1) is 0 Å². The second kappa shape index (κ2) is 17.0. The van der Waals surface area contributed by atoms with Crippen molar-refractivity contribution >= 4 is 24.1 Å². The van der Waals surface area contributed by atoms with Crippen molar-refractivity contribution in [3.63, 3.8) is 0 Å². The number of carbonyl (C=O) groups is 4. The quantitative estimate of drug-likeness (QED) is 0.204. The number of hydrogen-bond donors (Lipinski definition) is 2. The SMILES string of the molecule is O=CCC[C@H](NC(=O)CCCCCCCCCCC(=O)OCc1ccccc1)C(=O)O. The number of amides is 1. The number of unbranched alkanes of at least 4 members (excludes halogenated alkanes) is 7. The Morgan fingerprint density at radius 1 is 0.903 bits per heavy atom. The summed E-state index contributed by atoms with van der Waals surface area (Å²) in [5.41, 5.74) is 0.993. The number of carbonyl (C=O) groups excluding carboxylic acids is 3. The largest absolute Gasteiger partial charge is 0.480 e. The van der Waals surface area contributed by atoms with Gasteiger partial charge in [0.2, 0.25) is 5.91 Å². The van der Waals surface area contributed by atoms with E-state index in [9.17, 15) is 19.2 Å². The zero-order valence-electron chi connectivity index (χ0n) is 18.2. The van der Waals surface area contributed by atoms with Gasteiger partial charge in [0.05, 0.1) is 0 Å². The third kappa shape index (κ3) is 14.0. The monoisotopic (exact) mass is 433 g/mol. The molecular weight excluding hydrogens is 398 g/mol. The van der Waals surface area contributed by atoms with E-state index in [4.69, 9.17) is 9.84 Å². The standard InChI is InChI=1S/C24H35NO6/c26-18-12-15-21(24(29)30)25-22(27)16-10-5-3-1-2-4-6-11-17-23(28)31-19-20-13-8-7-9-14-20/h7-9,13-14,18,21H,1-6,10-12,15-17,19H2,(H,25,27)(H,29,30)/t21-/m0/s1. The van der Waals surface area contributed by atoms with Crippen LogP contribution in [0.15, 0.2) is 30.3 Å². The fourth-order valence-corrected chi connectivity index (χ4v) is 3.18. The summed E-state index contributed by atoms with van der Waals surface area (Å²) in [7, 11) is 0. The minimum Gasteiger partial charge on any atom is -0.480 e. The molecule has 0 bridgehead atoms. The lowest BCUT2D eigenvalue weighted by Crippen LogP contribution is -2.40. The third-order valence-electron chi connectivity index (χ3n) is 4.98. The summed E-state index contributed by atoms with van der Waals surface area (Å²) in [6.45, 7) is 0.327. The Hall–Kier alpha value is -2.70.